The summed E-state index contributed by atoms with van der Waals surface area (Å²) >= 11 is 0. The van der Waals surface area contributed by atoms with Crippen LogP contribution in [0.5, 0.6) is 0 Å². The molecule has 0 aromatic rings. The summed E-state index contributed by atoms with van der Waals surface area (Å²) in [6, 6.07) is 0.0445. The van der Waals surface area contributed by atoms with Gasteiger partial charge in [-0.05, 0) is 25.2 Å². The fourth-order valence-corrected chi connectivity index (χ4v) is 1.93. The molecule has 0 heterocycles. The lowest BCUT2D eigenvalue weighted by Crippen LogP contribution is -2.40. The van der Waals surface area contributed by atoms with Gasteiger partial charge in [-0.1, -0.05) is 19.8 Å². The van der Waals surface area contributed by atoms with Crippen LogP contribution >= 0.6 is 0 Å². The maximum absolute atomic E-state index is 9.45. The van der Waals surface area contributed by atoms with Gasteiger partial charge >= 0.3 is 0 Å². The highest BCUT2D eigenvalue weighted by atomic mass is 16.3. The smallest absolute Gasteiger partial charge is 0.0693 e. The minimum absolute atomic E-state index is 0.0445. The zero-order valence-corrected chi connectivity index (χ0v) is 7.29. The summed E-state index contributed by atoms with van der Waals surface area (Å²) in [5, 5.41) is 9.45. The summed E-state index contributed by atoms with van der Waals surface area (Å²) in [5.74, 6) is 0.731. The molecule has 2 heteroatoms. The van der Waals surface area contributed by atoms with Crippen LogP contribution in [0.2, 0.25) is 0 Å². The summed E-state index contributed by atoms with van der Waals surface area (Å²) in [6.07, 6.45) is 5.39. The van der Waals surface area contributed by atoms with E-state index in [1.54, 1.807) is 0 Å². The Bertz CT molecular complexity index is 116. The summed E-state index contributed by atoms with van der Waals surface area (Å²) in [7, 11) is 0. The molecular formula is C9H19NO. The number of rotatable bonds is 2. The molecule has 3 atom stereocenters. The van der Waals surface area contributed by atoms with E-state index in [-0.39, 0.29) is 12.1 Å². The van der Waals surface area contributed by atoms with Crippen molar-refractivity contribution in [2.75, 3.05) is 0 Å². The summed E-state index contributed by atoms with van der Waals surface area (Å²) in [5.41, 5.74) is 5.69. The molecule has 1 rings (SSSR count). The number of hydrogen-bond donors (Lipinski definition) is 2. The third-order valence-electron chi connectivity index (χ3n) is 2.67. The molecule has 0 bridgehead atoms. The maximum Gasteiger partial charge on any atom is 0.0693 e. The van der Waals surface area contributed by atoms with Crippen LogP contribution in [0.3, 0.4) is 0 Å². The molecule has 11 heavy (non-hydrogen) atoms. The Kier molecular flexibility index (Phi) is 3.34. The normalized spacial score (nSPS) is 39.0. The van der Waals surface area contributed by atoms with E-state index in [1.165, 1.54) is 19.3 Å². The van der Waals surface area contributed by atoms with E-state index in [4.69, 9.17) is 5.73 Å². The van der Waals surface area contributed by atoms with Gasteiger partial charge in [0, 0.05) is 6.04 Å². The van der Waals surface area contributed by atoms with Gasteiger partial charge in [0.05, 0.1) is 6.10 Å². The maximum atomic E-state index is 9.45. The van der Waals surface area contributed by atoms with Gasteiger partial charge in [0.2, 0.25) is 0 Å². The molecule has 0 aromatic carbocycles. The van der Waals surface area contributed by atoms with E-state index in [0.717, 1.165) is 18.8 Å². The topological polar surface area (TPSA) is 46.2 Å². The molecule has 1 fully saturated rings. The average Bonchev–Trinajstić information content (AvgIpc) is 1.98. The highest BCUT2D eigenvalue weighted by molar-refractivity contribution is 4.81. The van der Waals surface area contributed by atoms with Crippen molar-refractivity contribution >= 4 is 0 Å². The Morgan fingerprint density at radius 3 is 2.73 bits per heavy atom. The minimum atomic E-state index is -0.236. The van der Waals surface area contributed by atoms with E-state index in [2.05, 4.69) is 6.92 Å². The van der Waals surface area contributed by atoms with Crippen molar-refractivity contribution in [3.05, 3.63) is 0 Å². The molecule has 0 amide bonds. The van der Waals surface area contributed by atoms with Crippen molar-refractivity contribution in [2.45, 2.75) is 51.2 Å². The lowest BCUT2D eigenvalue weighted by Gasteiger charge is -2.30. The fraction of sp³-hybridized carbons (Fsp3) is 1.00. The van der Waals surface area contributed by atoms with Gasteiger partial charge in [-0.3, -0.25) is 0 Å². The molecule has 66 valence electrons. The highest BCUT2D eigenvalue weighted by Gasteiger charge is 2.25. The molecule has 1 saturated carbocycles. The second kappa shape index (κ2) is 4.07. The lowest BCUT2D eigenvalue weighted by atomic mass is 9.82. The van der Waals surface area contributed by atoms with Gasteiger partial charge in [0.15, 0.2) is 0 Å². The van der Waals surface area contributed by atoms with Gasteiger partial charge < -0.3 is 10.8 Å². The SMILES string of the molecule is CCCC1CCC(N)C(O)C1. The van der Waals surface area contributed by atoms with Gasteiger partial charge in [-0.15, -0.1) is 0 Å². The molecule has 3 unspecified atom stereocenters. The molecule has 0 aliphatic heterocycles. The van der Waals surface area contributed by atoms with Crippen molar-refractivity contribution < 1.29 is 5.11 Å². The van der Waals surface area contributed by atoms with Crippen molar-refractivity contribution in [1.29, 1.82) is 0 Å². The van der Waals surface area contributed by atoms with Gasteiger partial charge in [0.25, 0.3) is 0 Å². The van der Waals surface area contributed by atoms with Crippen LogP contribution in [0.25, 0.3) is 0 Å². The first-order chi connectivity index (χ1) is 5.24. The molecule has 0 aromatic heterocycles. The highest BCUT2D eigenvalue weighted by Crippen LogP contribution is 2.26. The van der Waals surface area contributed by atoms with Crippen LogP contribution in [0.15, 0.2) is 0 Å². The van der Waals surface area contributed by atoms with Gasteiger partial charge in [0.1, 0.15) is 0 Å². The van der Waals surface area contributed by atoms with Gasteiger partial charge in [-0.2, -0.15) is 0 Å². The third kappa shape index (κ3) is 2.46. The molecule has 2 nitrogen and oxygen atoms in total. The van der Waals surface area contributed by atoms with Crippen molar-refractivity contribution in [1.82, 2.24) is 0 Å². The second-order valence-corrected chi connectivity index (χ2v) is 3.70. The third-order valence-corrected chi connectivity index (χ3v) is 2.67. The first kappa shape index (κ1) is 9.01. The second-order valence-electron chi connectivity index (χ2n) is 3.70. The van der Waals surface area contributed by atoms with E-state index < -0.39 is 0 Å². The van der Waals surface area contributed by atoms with E-state index >= 15 is 0 Å². The Balaban J connectivity index is 2.28. The lowest BCUT2D eigenvalue weighted by molar-refractivity contribution is 0.0782. The Hall–Kier alpha value is -0.0800. The molecular weight excluding hydrogens is 138 g/mol. The summed E-state index contributed by atoms with van der Waals surface area (Å²) in [6.45, 7) is 2.20. The predicted molar refractivity (Wildman–Crippen MR) is 46.2 cm³/mol. The molecule has 1 aliphatic carbocycles. The molecule has 0 saturated heterocycles. The molecule has 1 aliphatic rings. The van der Waals surface area contributed by atoms with Crippen LogP contribution in [0, 0.1) is 5.92 Å². The zero-order valence-electron chi connectivity index (χ0n) is 7.29. The van der Waals surface area contributed by atoms with Gasteiger partial charge in [-0.25, -0.2) is 0 Å². The fourth-order valence-electron chi connectivity index (χ4n) is 1.93. The Morgan fingerprint density at radius 1 is 1.45 bits per heavy atom. The Labute approximate surface area is 68.8 Å². The van der Waals surface area contributed by atoms with Crippen molar-refractivity contribution in [2.24, 2.45) is 11.7 Å². The monoisotopic (exact) mass is 157 g/mol. The van der Waals surface area contributed by atoms with Crippen LogP contribution in [0.4, 0.5) is 0 Å². The average molecular weight is 157 g/mol. The number of nitrogens with two attached hydrogens (primary N) is 1. The predicted octanol–water partition coefficient (Wildman–Crippen LogP) is 1.27. The first-order valence-corrected chi connectivity index (χ1v) is 4.67. The van der Waals surface area contributed by atoms with E-state index in [1.807, 2.05) is 0 Å². The number of aliphatic hydroxyl groups excluding tert-OH is 1. The van der Waals surface area contributed by atoms with Crippen LogP contribution in [-0.4, -0.2) is 17.3 Å². The largest absolute Gasteiger partial charge is 0.392 e. The van der Waals surface area contributed by atoms with Crippen LogP contribution < -0.4 is 5.73 Å². The van der Waals surface area contributed by atoms with Crippen LogP contribution in [0.1, 0.15) is 39.0 Å². The first-order valence-electron chi connectivity index (χ1n) is 4.67. The standard InChI is InChI=1S/C9H19NO/c1-2-3-7-4-5-8(10)9(11)6-7/h7-9,11H,2-6,10H2,1H3. The van der Waals surface area contributed by atoms with Crippen molar-refractivity contribution in [3.8, 4) is 0 Å². The zero-order chi connectivity index (χ0) is 8.27. The number of hydrogen-bond acceptors (Lipinski definition) is 2. The minimum Gasteiger partial charge on any atom is -0.392 e. The summed E-state index contributed by atoms with van der Waals surface area (Å²) in [4.78, 5) is 0. The number of aliphatic hydroxyl groups is 1. The molecule has 0 spiro atoms. The summed E-state index contributed by atoms with van der Waals surface area (Å²) < 4.78 is 0. The quantitative estimate of drug-likeness (QED) is 0.634. The molecule has 0 radical (unpaired) electrons. The van der Waals surface area contributed by atoms with E-state index in [0.29, 0.717) is 0 Å². The van der Waals surface area contributed by atoms with Crippen LogP contribution in [-0.2, 0) is 0 Å². The van der Waals surface area contributed by atoms with E-state index in [9.17, 15) is 5.11 Å². The Morgan fingerprint density at radius 2 is 2.18 bits per heavy atom. The van der Waals surface area contributed by atoms with Crippen molar-refractivity contribution in [3.63, 3.8) is 0 Å². The molecule has 3 N–H and O–H groups in total.